The standard InChI is InChI=1S/C9H11F3N4O3/c10-9(11,12)5(3-7(17)18)1-2-13-8(19)6-4-14-16-15-6/h4-5H,1-3H2,(H,13,19)(H,17,18)(H,14,15,16). The van der Waals surface area contributed by atoms with Gasteiger partial charge in [0.25, 0.3) is 5.91 Å². The molecule has 3 N–H and O–H groups in total. The molecule has 0 saturated heterocycles. The second-order valence-electron chi connectivity index (χ2n) is 3.74. The van der Waals surface area contributed by atoms with Gasteiger partial charge in [0, 0.05) is 6.54 Å². The second-order valence-corrected chi connectivity index (χ2v) is 3.74. The van der Waals surface area contributed by atoms with Crippen LogP contribution < -0.4 is 5.32 Å². The first-order chi connectivity index (χ1) is 8.80. The summed E-state index contributed by atoms with van der Waals surface area (Å²) in [5.41, 5.74) is -0.0539. The summed E-state index contributed by atoms with van der Waals surface area (Å²) in [5, 5.41) is 19.6. The number of H-pyrrole nitrogens is 1. The highest BCUT2D eigenvalue weighted by atomic mass is 19.4. The number of aromatic nitrogens is 3. The number of carboxylic acids is 1. The van der Waals surface area contributed by atoms with E-state index in [1.165, 1.54) is 0 Å². The molecule has 1 amide bonds. The minimum Gasteiger partial charge on any atom is -0.481 e. The zero-order valence-electron chi connectivity index (χ0n) is 9.57. The van der Waals surface area contributed by atoms with Gasteiger partial charge in [-0.25, -0.2) is 0 Å². The Bertz CT molecular complexity index is 432. The number of aliphatic carboxylic acids is 1. The SMILES string of the molecule is O=C(O)CC(CCNC(=O)c1cn[nH]n1)C(F)(F)F. The molecule has 10 heteroatoms. The van der Waals surface area contributed by atoms with Gasteiger partial charge < -0.3 is 10.4 Å². The highest BCUT2D eigenvalue weighted by molar-refractivity contribution is 5.91. The van der Waals surface area contributed by atoms with Gasteiger partial charge in [-0.1, -0.05) is 0 Å². The first-order valence-corrected chi connectivity index (χ1v) is 5.23. The summed E-state index contributed by atoms with van der Waals surface area (Å²) >= 11 is 0. The molecule has 7 nitrogen and oxygen atoms in total. The van der Waals surface area contributed by atoms with Crippen molar-refractivity contribution in [1.82, 2.24) is 20.7 Å². The van der Waals surface area contributed by atoms with E-state index in [0.717, 1.165) is 6.20 Å². The maximum absolute atomic E-state index is 12.5. The third-order valence-corrected chi connectivity index (χ3v) is 2.31. The molecule has 1 aromatic rings. The number of nitrogens with one attached hydrogen (secondary N) is 2. The lowest BCUT2D eigenvalue weighted by Gasteiger charge is -2.18. The van der Waals surface area contributed by atoms with Gasteiger partial charge in [-0.15, -0.1) is 0 Å². The number of nitrogens with zero attached hydrogens (tertiary/aromatic N) is 2. The van der Waals surface area contributed by atoms with Crippen molar-refractivity contribution in [3.8, 4) is 0 Å². The van der Waals surface area contributed by atoms with E-state index in [1.54, 1.807) is 0 Å². The summed E-state index contributed by atoms with van der Waals surface area (Å²) in [6.07, 6.45) is -5.03. The lowest BCUT2D eigenvalue weighted by Crippen LogP contribution is -2.32. The van der Waals surface area contributed by atoms with Crippen molar-refractivity contribution >= 4 is 11.9 Å². The molecule has 0 spiro atoms. The summed E-state index contributed by atoms with van der Waals surface area (Å²) in [4.78, 5) is 21.7. The van der Waals surface area contributed by atoms with E-state index < -0.39 is 36.8 Å². The van der Waals surface area contributed by atoms with Crippen molar-refractivity contribution in [3.63, 3.8) is 0 Å². The number of hydrogen-bond acceptors (Lipinski definition) is 4. The minimum absolute atomic E-state index is 0.0539. The number of rotatable bonds is 6. The van der Waals surface area contributed by atoms with E-state index in [-0.39, 0.29) is 12.2 Å². The largest absolute Gasteiger partial charge is 0.481 e. The number of amides is 1. The molecule has 1 aromatic heterocycles. The molecule has 0 bridgehead atoms. The van der Waals surface area contributed by atoms with Crippen molar-refractivity contribution < 1.29 is 27.9 Å². The van der Waals surface area contributed by atoms with Crippen molar-refractivity contribution in [2.24, 2.45) is 5.92 Å². The lowest BCUT2D eigenvalue weighted by molar-refractivity contribution is -0.184. The molecule has 0 aliphatic rings. The zero-order chi connectivity index (χ0) is 14.5. The topological polar surface area (TPSA) is 108 Å². The Morgan fingerprint density at radius 1 is 1.47 bits per heavy atom. The molecule has 0 fully saturated rings. The predicted octanol–water partition coefficient (Wildman–Crippen LogP) is 0.578. The van der Waals surface area contributed by atoms with E-state index >= 15 is 0 Å². The van der Waals surface area contributed by atoms with Crippen molar-refractivity contribution in [2.45, 2.75) is 19.0 Å². The number of carboxylic acid groups (broad SMARTS) is 1. The maximum Gasteiger partial charge on any atom is 0.392 e. The summed E-state index contributed by atoms with van der Waals surface area (Å²) in [6, 6.07) is 0. The highest BCUT2D eigenvalue weighted by Crippen LogP contribution is 2.31. The average molecular weight is 280 g/mol. The minimum atomic E-state index is -4.61. The zero-order valence-corrected chi connectivity index (χ0v) is 9.57. The molecule has 0 aliphatic heterocycles. The van der Waals surface area contributed by atoms with Crippen LogP contribution in [-0.2, 0) is 4.79 Å². The Hall–Kier alpha value is -2.13. The molecule has 106 valence electrons. The average Bonchev–Trinajstić information content (AvgIpc) is 2.79. The number of aromatic amines is 1. The second kappa shape index (κ2) is 6.16. The molecule has 0 saturated carbocycles. The van der Waals surface area contributed by atoms with Crippen molar-refractivity contribution in [1.29, 1.82) is 0 Å². The Balaban J connectivity index is 2.44. The predicted molar refractivity (Wildman–Crippen MR) is 55.1 cm³/mol. The summed E-state index contributed by atoms with van der Waals surface area (Å²) in [5.74, 6) is -4.21. The fourth-order valence-electron chi connectivity index (χ4n) is 1.35. The van der Waals surface area contributed by atoms with Crippen LogP contribution in [0.25, 0.3) is 0 Å². The number of carbonyl (C=O) groups is 2. The quantitative estimate of drug-likeness (QED) is 0.706. The van der Waals surface area contributed by atoms with E-state index in [2.05, 4.69) is 20.7 Å². The van der Waals surface area contributed by atoms with Crippen LogP contribution in [0, 0.1) is 5.92 Å². The Morgan fingerprint density at radius 3 is 2.63 bits per heavy atom. The normalized spacial score (nSPS) is 13.0. The van der Waals surface area contributed by atoms with Crippen LogP contribution >= 0.6 is 0 Å². The number of halogens is 3. The highest BCUT2D eigenvalue weighted by Gasteiger charge is 2.40. The van der Waals surface area contributed by atoms with E-state index in [4.69, 9.17) is 5.11 Å². The fraction of sp³-hybridized carbons (Fsp3) is 0.556. The van der Waals surface area contributed by atoms with E-state index in [9.17, 15) is 22.8 Å². The van der Waals surface area contributed by atoms with Crippen LogP contribution in [0.1, 0.15) is 23.3 Å². The van der Waals surface area contributed by atoms with Crippen LogP contribution in [0.15, 0.2) is 6.20 Å². The molecular formula is C9H11F3N4O3. The lowest BCUT2D eigenvalue weighted by atomic mass is 10.0. The molecule has 1 unspecified atom stereocenters. The van der Waals surface area contributed by atoms with Gasteiger partial charge in [0.05, 0.1) is 18.5 Å². The number of alkyl halides is 3. The molecular weight excluding hydrogens is 269 g/mol. The summed E-state index contributed by atoms with van der Waals surface area (Å²) in [7, 11) is 0. The van der Waals surface area contributed by atoms with Crippen LogP contribution in [0.5, 0.6) is 0 Å². The van der Waals surface area contributed by atoms with Gasteiger partial charge >= 0.3 is 12.1 Å². The first kappa shape index (κ1) is 14.9. The molecule has 1 heterocycles. The Morgan fingerprint density at radius 2 is 2.16 bits per heavy atom. The van der Waals surface area contributed by atoms with Gasteiger partial charge in [-0.3, -0.25) is 9.59 Å². The molecule has 1 rings (SSSR count). The van der Waals surface area contributed by atoms with E-state index in [0.29, 0.717) is 0 Å². The van der Waals surface area contributed by atoms with Crippen LogP contribution in [0.3, 0.4) is 0 Å². The number of carbonyl (C=O) groups excluding carboxylic acids is 1. The van der Waals surface area contributed by atoms with Crippen molar-refractivity contribution in [2.75, 3.05) is 6.54 Å². The maximum atomic E-state index is 12.5. The van der Waals surface area contributed by atoms with Gasteiger partial charge in [0.1, 0.15) is 0 Å². The first-order valence-electron chi connectivity index (χ1n) is 5.23. The summed E-state index contributed by atoms with van der Waals surface area (Å²) in [6.45, 7) is -0.302. The Kier molecular flexibility index (Phi) is 4.84. The smallest absolute Gasteiger partial charge is 0.392 e. The Labute approximate surface area is 105 Å². The van der Waals surface area contributed by atoms with Crippen LogP contribution in [-0.4, -0.2) is 45.1 Å². The third kappa shape index (κ3) is 4.94. The van der Waals surface area contributed by atoms with Gasteiger partial charge in [0.15, 0.2) is 5.69 Å². The van der Waals surface area contributed by atoms with Crippen LogP contribution in [0.2, 0.25) is 0 Å². The fourth-order valence-corrected chi connectivity index (χ4v) is 1.35. The van der Waals surface area contributed by atoms with Gasteiger partial charge in [-0.05, 0) is 6.42 Å². The number of hydrogen-bond donors (Lipinski definition) is 3. The molecule has 0 aromatic carbocycles. The molecule has 0 aliphatic carbocycles. The third-order valence-electron chi connectivity index (χ3n) is 2.31. The van der Waals surface area contributed by atoms with Gasteiger partial charge in [0.2, 0.25) is 0 Å². The monoisotopic (exact) mass is 280 g/mol. The molecule has 19 heavy (non-hydrogen) atoms. The summed E-state index contributed by atoms with van der Waals surface area (Å²) < 4.78 is 37.4. The van der Waals surface area contributed by atoms with Gasteiger partial charge in [-0.2, -0.15) is 28.6 Å². The molecule has 1 atom stereocenters. The van der Waals surface area contributed by atoms with Crippen molar-refractivity contribution in [3.05, 3.63) is 11.9 Å². The molecule has 0 radical (unpaired) electrons. The van der Waals surface area contributed by atoms with E-state index in [1.807, 2.05) is 0 Å². The van der Waals surface area contributed by atoms with Crippen LogP contribution in [0.4, 0.5) is 13.2 Å².